The fraction of sp³-hybridized carbons (Fsp3) is 0.643. The van der Waals surface area contributed by atoms with Crippen molar-refractivity contribution in [1.82, 2.24) is 10.6 Å². The van der Waals surface area contributed by atoms with Crippen molar-refractivity contribution in [2.24, 2.45) is 0 Å². The molecule has 0 bridgehead atoms. The molecular formula is C14H22N2O3. The number of ether oxygens (including phenoxy) is 1. The summed E-state index contributed by atoms with van der Waals surface area (Å²) in [6.07, 6.45) is 3.88. The molecule has 2 N–H and O–H groups in total. The van der Waals surface area contributed by atoms with Gasteiger partial charge in [-0.2, -0.15) is 0 Å². The largest absolute Gasteiger partial charge is 0.469 e. The first-order chi connectivity index (χ1) is 9.24. The highest BCUT2D eigenvalue weighted by atomic mass is 16.5. The third-order valence-electron chi connectivity index (χ3n) is 3.24. The predicted octanol–water partition coefficient (Wildman–Crippen LogP) is 1.10. The van der Waals surface area contributed by atoms with Crippen LogP contribution in [0.4, 0.5) is 0 Å². The molecule has 1 amide bonds. The van der Waals surface area contributed by atoms with E-state index in [4.69, 9.17) is 9.15 Å². The van der Waals surface area contributed by atoms with Gasteiger partial charge in [-0.1, -0.05) is 0 Å². The molecular weight excluding hydrogens is 244 g/mol. The molecule has 2 heterocycles. The van der Waals surface area contributed by atoms with Crippen LogP contribution in [-0.4, -0.2) is 37.7 Å². The van der Waals surface area contributed by atoms with Gasteiger partial charge in [0.2, 0.25) is 5.91 Å². The number of amides is 1. The molecule has 1 fully saturated rings. The van der Waals surface area contributed by atoms with Crippen molar-refractivity contribution in [3.63, 3.8) is 0 Å². The summed E-state index contributed by atoms with van der Waals surface area (Å²) < 4.78 is 10.6. The number of furan rings is 1. The van der Waals surface area contributed by atoms with E-state index in [9.17, 15) is 4.79 Å². The first-order valence-electron chi connectivity index (χ1n) is 6.87. The number of hydrogen-bond donors (Lipinski definition) is 2. The van der Waals surface area contributed by atoms with Crippen LogP contribution in [0.25, 0.3) is 0 Å². The van der Waals surface area contributed by atoms with Crippen molar-refractivity contribution < 1.29 is 13.9 Å². The van der Waals surface area contributed by atoms with E-state index in [1.54, 1.807) is 6.26 Å². The highest BCUT2D eigenvalue weighted by molar-refractivity contribution is 5.76. The molecule has 1 saturated heterocycles. The number of morpholine rings is 1. The Morgan fingerprint density at radius 3 is 3.21 bits per heavy atom. The predicted molar refractivity (Wildman–Crippen MR) is 71.9 cm³/mol. The van der Waals surface area contributed by atoms with Gasteiger partial charge in [-0.3, -0.25) is 4.79 Å². The second-order valence-electron chi connectivity index (χ2n) is 5.02. The molecule has 0 radical (unpaired) electrons. The summed E-state index contributed by atoms with van der Waals surface area (Å²) in [5, 5.41) is 6.29. The van der Waals surface area contributed by atoms with Gasteiger partial charge >= 0.3 is 0 Å². The van der Waals surface area contributed by atoms with Crippen LogP contribution in [0.1, 0.15) is 25.5 Å². The van der Waals surface area contributed by atoms with Gasteiger partial charge in [-0.05, 0) is 25.5 Å². The van der Waals surface area contributed by atoms with Crippen LogP contribution in [0.3, 0.4) is 0 Å². The molecule has 1 aromatic rings. The van der Waals surface area contributed by atoms with Crippen LogP contribution < -0.4 is 10.6 Å². The minimum absolute atomic E-state index is 0.0787. The summed E-state index contributed by atoms with van der Waals surface area (Å²) in [7, 11) is 0. The molecule has 19 heavy (non-hydrogen) atoms. The molecule has 2 atom stereocenters. The van der Waals surface area contributed by atoms with Crippen LogP contribution in [0.15, 0.2) is 22.8 Å². The Hall–Kier alpha value is -1.33. The van der Waals surface area contributed by atoms with Crippen molar-refractivity contribution in [1.29, 1.82) is 0 Å². The van der Waals surface area contributed by atoms with Crippen LogP contribution >= 0.6 is 0 Å². The molecule has 0 aliphatic carbocycles. The lowest BCUT2D eigenvalue weighted by Crippen LogP contribution is -2.45. The van der Waals surface area contributed by atoms with Crippen LogP contribution in [0.2, 0.25) is 0 Å². The zero-order valence-electron chi connectivity index (χ0n) is 11.4. The number of nitrogens with one attached hydrogen (secondary N) is 2. The maximum atomic E-state index is 11.9. The van der Waals surface area contributed by atoms with Gasteiger partial charge < -0.3 is 19.8 Å². The van der Waals surface area contributed by atoms with Gasteiger partial charge in [0.15, 0.2) is 0 Å². The summed E-state index contributed by atoms with van der Waals surface area (Å²) in [5.74, 6) is 1.04. The van der Waals surface area contributed by atoms with Crippen molar-refractivity contribution in [3.05, 3.63) is 24.2 Å². The molecule has 106 valence electrons. The first-order valence-corrected chi connectivity index (χ1v) is 6.87. The topological polar surface area (TPSA) is 63.5 Å². The van der Waals surface area contributed by atoms with Gasteiger partial charge in [-0.15, -0.1) is 0 Å². The Kier molecular flexibility index (Phi) is 5.42. The van der Waals surface area contributed by atoms with E-state index < -0.39 is 0 Å². The molecule has 5 heteroatoms. The highest BCUT2D eigenvalue weighted by Crippen LogP contribution is 2.06. The van der Waals surface area contributed by atoms with Gasteiger partial charge in [-0.25, -0.2) is 0 Å². The summed E-state index contributed by atoms with van der Waals surface area (Å²) in [4.78, 5) is 11.9. The van der Waals surface area contributed by atoms with Gasteiger partial charge in [0, 0.05) is 31.5 Å². The van der Waals surface area contributed by atoms with Crippen molar-refractivity contribution in [2.75, 3.05) is 19.8 Å². The normalized spacial score (nSPS) is 21.0. The fourth-order valence-corrected chi connectivity index (χ4v) is 2.19. The lowest BCUT2D eigenvalue weighted by Gasteiger charge is -2.24. The average Bonchev–Trinajstić information content (AvgIpc) is 2.90. The minimum Gasteiger partial charge on any atom is -0.469 e. The molecule has 1 aliphatic heterocycles. The van der Waals surface area contributed by atoms with E-state index in [-0.39, 0.29) is 18.0 Å². The Bertz CT molecular complexity index is 372. The maximum Gasteiger partial charge on any atom is 0.221 e. The maximum absolute atomic E-state index is 11.9. The second-order valence-corrected chi connectivity index (χ2v) is 5.02. The summed E-state index contributed by atoms with van der Waals surface area (Å²) in [6.45, 7) is 4.20. The van der Waals surface area contributed by atoms with Crippen LogP contribution in [-0.2, 0) is 16.0 Å². The van der Waals surface area contributed by atoms with Crippen LogP contribution in [0.5, 0.6) is 0 Å². The quantitative estimate of drug-likeness (QED) is 0.809. The van der Waals surface area contributed by atoms with Gasteiger partial charge in [0.05, 0.1) is 19.5 Å². The van der Waals surface area contributed by atoms with Crippen molar-refractivity contribution in [3.8, 4) is 0 Å². The molecule has 0 spiro atoms. The fourth-order valence-electron chi connectivity index (χ4n) is 2.19. The molecule has 0 saturated carbocycles. The zero-order chi connectivity index (χ0) is 13.5. The number of aryl methyl sites for hydroxylation is 1. The molecule has 1 aromatic heterocycles. The average molecular weight is 266 g/mol. The second kappa shape index (κ2) is 7.31. The minimum atomic E-state index is 0.0787. The smallest absolute Gasteiger partial charge is 0.221 e. The van der Waals surface area contributed by atoms with E-state index in [1.807, 2.05) is 19.1 Å². The SMILES string of the molecule is CC(CCc1ccco1)NC(=O)CC1COCCN1. The molecule has 1 aliphatic rings. The van der Waals surface area contributed by atoms with Crippen molar-refractivity contribution >= 4 is 5.91 Å². The Morgan fingerprint density at radius 2 is 2.53 bits per heavy atom. The third kappa shape index (κ3) is 5.04. The Balaban J connectivity index is 1.63. The van der Waals surface area contributed by atoms with E-state index in [0.29, 0.717) is 13.0 Å². The van der Waals surface area contributed by atoms with Crippen LogP contribution in [0, 0.1) is 0 Å². The molecule has 2 rings (SSSR count). The molecule has 5 nitrogen and oxygen atoms in total. The van der Waals surface area contributed by atoms with E-state index in [1.165, 1.54) is 0 Å². The first kappa shape index (κ1) is 14.1. The lowest BCUT2D eigenvalue weighted by molar-refractivity contribution is -0.122. The third-order valence-corrected chi connectivity index (χ3v) is 3.24. The number of hydrogen-bond acceptors (Lipinski definition) is 4. The zero-order valence-corrected chi connectivity index (χ0v) is 11.4. The summed E-state index contributed by atoms with van der Waals surface area (Å²) in [6, 6.07) is 4.14. The van der Waals surface area contributed by atoms with Crippen molar-refractivity contribution in [2.45, 2.75) is 38.3 Å². The Labute approximate surface area is 113 Å². The summed E-state index contributed by atoms with van der Waals surface area (Å²) >= 11 is 0. The molecule has 2 unspecified atom stereocenters. The van der Waals surface area contributed by atoms with Gasteiger partial charge in [0.1, 0.15) is 5.76 Å². The Morgan fingerprint density at radius 1 is 1.63 bits per heavy atom. The summed E-state index contributed by atoms with van der Waals surface area (Å²) in [5.41, 5.74) is 0. The van der Waals surface area contributed by atoms with E-state index >= 15 is 0 Å². The lowest BCUT2D eigenvalue weighted by atomic mass is 10.1. The number of rotatable bonds is 6. The number of carbonyl (C=O) groups excluding carboxylic acids is 1. The standard InChI is InChI=1S/C14H22N2O3/c1-11(4-5-13-3-2-7-19-13)16-14(17)9-12-10-18-8-6-15-12/h2-3,7,11-12,15H,4-6,8-10H2,1H3,(H,16,17). The van der Waals surface area contributed by atoms with E-state index in [0.717, 1.165) is 31.8 Å². The van der Waals surface area contributed by atoms with Gasteiger partial charge in [0.25, 0.3) is 0 Å². The molecule has 0 aromatic carbocycles. The monoisotopic (exact) mass is 266 g/mol. The highest BCUT2D eigenvalue weighted by Gasteiger charge is 2.17. The number of carbonyl (C=O) groups is 1. The van der Waals surface area contributed by atoms with E-state index in [2.05, 4.69) is 10.6 Å².